The first-order valence-electron chi connectivity index (χ1n) is 9.38. The van der Waals surface area contributed by atoms with Crippen LogP contribution in [0.5, 0.6) is 0 Å². The molecule has 0 radical (unpaired) electrons. The molecule has 1 atom stereocenters. The zero-order valence-corrected chi connectivity index (χ0v) is 15.8. The minimum atomic E-state index is -0.0639. The summed E-state index contributed by atoms with van der Waals surface area (Å²) in [4.78, 5) is 19.5. The largest absolute Gasteiger partial charge is 0.369 e. The van der Waals surface area contributed by atoms with E-state index in [0.29, 0.717) is 0 Å². The van der Waals surface area contributed by atoms with Crippen molar-refractivity contribution in [3.05, 3.63) is 29.3 Å². The molecule has 1 N–H and O–H groups in total. The summed E-state index contributed by atoms with van der Waals surface area (Å²) < 4.78 is 0. The molecule has 0 unspecified atom stereocenters. The molecule has 3 rings (SSSR count). The maximum absolute atomic E-state index is 12.4. The van der Waals surface area contributed by atoms with Gasteiger partial charge in [0.2, 0.25) is 5.91 Å². The Labute approximate surface area is 155 Å². The van der Waals surface area contributed by atoms with Gasteiger partial charge in [0.25, 0.3) is 0 Å². The van der Waals surface area contributed by atoms with Gasteiger partial charge in [-0.05, 0) is 57.1 Å². The average Bonchev–Trinajstić information content (AvgIpc) is 3.15. The van der Waals surface area contributed by atoms with Crippen molar-refractivity contribution in [2.75, 3.05) is 57.3 Å². The van der Waals surface area contributed by atoms with E-state index in [1.54, 1.807) is 0 Å². The number of rotatable bonds is 6. The Morgan fingerprint density at radius 3 is 2.36 bits per heavy atom. The summed E-state index contributed by atoms with van der Waals surface area (Å²) in [5.74, 6) is 0.152. The van der Waals surface area contributed by atoms with Crippen LogP contribution in [0, 0.1) is 0 Å². The normalized spacial score (nSPS) is 20.6. The maximum Gasteiger partial charge on any atom is 0.237 e. The number of carbonyl (C=O) groups excluding carboxylic acids is 1. The van der Waals surface area contributed by atoms with Gasteiger partial charge in [-0.1, -0.05) is 11.6 Å². The summed E-state index contributed by atoms with van der Waals surface area (Å²) in [6, 6.07) is 7.92. The lowest BCUT2D eigenvalue weighted by Crippen LogP contribution is -2.54. The quantitative estimate of drug-likeness (QED) is 0.838. The third-order valence-electron chi connectivity index (χ3n) is 5.36. The van der Waals surface area contributed by atoms with Crippen LogP contribution >= 0.6 is 11.6 Å². The number of amides is 1. The van der Waals surface area contributed by atoms with Crippen LogP contribution in [0.1, 0.15) is 19.8 Å². The molecule has 2 heterocycles. The van der Waals surface area contributed by atoms with Crippen molar-refractivity contribution in [3.63, 3.8) is 0 Å². The van der Waals surface area contributed by atoms with E-state index in [1.165, 1.54) is 31.6 Å². The van der Waals surface area contributed by atoms with E-state index in [1.807, 2.05) is 19.1 Å². The number of piperazine rings is 1. The molecule has 138 valence electrons. The highest BCUT2D eigenvalue weighted by Crippen LogP contribution is 2.20. The maximum atomic E-state index is 12.4. The van der Waals surface area contributed by atoms with Crippen LogP contribution in [-0.4, -0.2) is 74.1 Å². The summed E-state index contributed by atoms with van der Waals surface area (Å²) in [7, 11) is 0. The first-order chi connectivity index (χ1) is 12.1. The summed E-state index contributed by atoms with van der Waals surface area (Å²) in [6.07, 6.45) is 2.59. The molecule has 0 bridgehead atoms. The van der Waals surface area contributed by atoms with Crippen molar-refractivity contribution in [2.45, 2.75) is 25.8 Å². The number of hydrogen-bond donors (Lipinski definition) is 1. The monoisotopic (exact) mass is 364 g/mol. The number of nitrogens with one attached hydrogen (secondary N) is 1. The highest BCUT2D eigenvalue weighted by molar-refractivity contribution is 6.30. The van der Waals surface area contributed by atoms with Crippen LogP contribution in [0.2, 0.25) is 5.02 Å². The number of halogens is 1. The van der Waals surface area contributed by atoms with Crippen LogP contribution < -0.4 is 10.2 Å². The van der Waals surface area contributed by atoms with Gasteiger partial charge in [-0.15, -0.1) is 0 Å². The fourth-order valence-corrected chi connectivity index (χ4v) is 3.80. The van der Waals surface area contributed by atoms with Gasteiger partial charge >= 0.3 is 0 Å². The third kappa shape index (κ3) is 5.09. The lowest BCUT2D eigenvalue weighted by atomic mass is 10.2. The first-order valence-corrected chi connectivity index (χ1v) is 9.76. The molecular weight excluding hydrogens is 336 g/mol. The molecule has 2 fully saturated rings. The van der Waals surface area contributed by atoms with E-state index in [-0.39, 0.29) is 11.9 Å². The molecule has 1 aromatic rings. The Balaban J connectivity index is 1.40. The zero-order chi connectivity index (χ0) is 17.6. The van der Waals surface area contributed by atoms with Crippen molar-refractivity contribution in [1.29, 1.82) is 0 Å². The molecule has 25 heavy (non-hydrogen) atoms. The van der Waals surface area contributed by atoms with E-state index in [4.69, 9.17) is 11.6 Å². The molecule has 2 aliphatic rings. The molecule has 6 heteroatoms. The number of benzene rings is 1. The van der Waals surface area contributed by atoms with E-state index in [0.717, 1.165) is 44.3 Å². The highest BCUT2D eigenvalue weighted by atomic mass is 35.5. The number of likely N-dealkylation sites (tertiary alicyclic amines) is 1. The highest BCUT2D eigenvalue weighted by Gasteiger charge is 2.25. The van der Waals surface area contributed by atoms with Crippen LogP contribution in [0.15, 0.2) is 24.3 Å². The topological polar surface area (TPSA) is 38.8 Å². The molecule has 0 saturated carbocycles. The molecule has 0 aliphatic carbocycles. The Kier molecular flexibility index (Phi) is 6.57. The average molecular weight is 365 g/mol. The van der Waals surface area contributed by atoms with Crippen LogP contribution in [0.3, 0.4) is 0 Å². The second-order valence-electron chi connectivity index (χ2n) is 7.02. The molecule has 2 saturated heterocycles. The second-order valence-corrected chi connectivity index (χ2v) is 7.45. The molecule has 1 aromatic carbocycles. The van der Waals surface area contributed by atoms with Crippen LogP contribution in [0.25, 0.3) is 0 Å². The second kappa shape index (κ2) is 8.88. The SMILES string of the molecule is C[C@H](C(=O)NCCN1CCCC1)N1CCN(c2ccc(Cl)cc2)CC1. The molecule has 5 nitrogen and oxygen atoms in total. The lowest BCUT2D eigenvalue weighted by Gasteiger charge is -2.38. The van der Waals surface area contributed by atoms with Crippen LogP contribution in [-0.2, 0) is 4.79 Å². The Morgan fingerprint density at radius 1 is 1.08 bits per heavy atom. The minimum absolute atomic E-state index is 0.0639. The summed E-state index contributed by atoms with van der Waals surface area (Å²) >= 11 is 5.96. The van der Waals surface area contributed by atoms with E-state index in [9.17, 15) is 4.79 Å². The molecule has 0 aromatic heterocycles. The first kappa shape index (κ1) is 18.5. The van der Waals surface area contributed by atoms with E-state index >= 15 is 0 Å². The predicted octanol–water partition coefficient (Wildman–Crippen LogP) is 2.06. The Hall–Kier alpha value is -1.30. The summed E-state index contributed by atoms with van der Waals surface area (Å²) in [5.41, 5.74) is 1.20. The van der Waals surface area contributed by atoms with Crippen molar-refractivity contribution in [2.24, 2.45) is 0 Å². The molecule has 1 amide bonds. The van der Waals surface area contributed by atoms with Crippen molar-refractivity contribution < 1.29 is 4.79 Å². The Morgan fingerprint density at radius 2 is 1.72 bits per heavy atom. The summed E-state index contributed by atoms with van der Waals surface area (Å²) in [6.45, 7) is 9.79. The van der Waals surface area contributed by atoms with E-state index in [2.05, 4.69) is 32.1 Å². The van der Waals surface area contributed by atoms with Gasteiger partial charge in [0, 0.05) is 50.0 Å². The molecular formula is C19H29ClN4O. The van der Waals surface area contributed by atoms with Gasteiger partial charge < -0.3 is 15.1 Å². The van der Waals surface area contributed by atoms with Crippen LogP contribution in [0.4, 0.5) is 5.69 Å². The number of anilines is 1. The number of carbonyl (C=O) groups is 1. The summed E-state index contributed by atoms with van der Waals surface area (Å²) in [5, 5.41) is 3.87. The smallest absolute Gasteiger partial charge is 0.237 e. The standard InChI is InChI=1S/C19H29ClN4O/c1-16(19(25)21-8-11-22-9-2-3-10-22)23-12-14-24(15-13-23)18-6-4-17(20)5-7-18/h4-7,16H,2-3,8-15H2,1H3,(H,21,25)/t16-/m1/s1. The third-order valence-corrected chi connectivity index (χ3v) is 5.61. The lowest BCUT2D eigenvalue weighted by molar-refractivity contribution is -0.126. The van der Waals surface area contributed by atoms with Gasteiger partial charge in [-0.2, -0.15) is 0 Å². The zero-order valence-electron chi connectivity index (χ0n) is 15.1. The minimum Gasteiger partial charge on any atom is -0.369 e. The van der Waals surface area contributed by atoms with Crippen molar-refractivity contribution in [1.82, 2.24) is 15.1 Å². The molecule has 2 aliphatic heterocycles. The molecule has 0 spiro atoms. The number of hydrogen-bond acceptors (Lipinski definition) is 4. The van der Waals surface area contributed by atoms with Gasteiger partial charge in [-0.25, -0.2) is 0 Å². The van der Waals surface area contributed by atoms with E-state index < -0.39 is 0 Å². The van der Waals surface area contributed by atoms with Gasteiger partial charge in [0.1, 0.15) is 0 Å². The predicted molar refractivity (Wildman–Crippen MR) is 103 cm³/mol. The van der Waals surface area contributed by atoms with Gasteiger partial charge in [0.15, 0.2) is 0 Å². The van der Waals surface area contributed by atoms with Gasteiger partial charge in [0.05, 0.1) is 6.04 Å². The van der Waals surface area contributed by atoms with Crippen molar-refractivity contribution in [3.8, 4) is 0 Å². The fourth-order valence-electron chi connectivity index (χ4n) is 3.68. The number of nitrogens with zero attached hydrogens (tertiary/aromatic N) is 3. The Bertz CT molecular complexity index is 551. The van der Waals surface area contributed by atoms with Crippen molar-refractivity contribution >= 4 is 23.2 Å². The fraction of sp³-hybridized carbons (Fsp3) is 0.632. The van der Waals surface area contributed by atoms with Gasteiger partial charge in [-0.3, -0.25) is 9.69 Å².